The Morgan fingerprint density at radius 1 is 0.321 bits per heavy atom. The summed E-state index contributed by atoms with van der Waals surface area (Å²) in [5.41, 5.74) is 13.6. The highest BCUT2D eigenvalue weighted by Gasteiger charge is 2.24. The van der Waals surface area contributed by atoms with Crippen molar-refractivity contribution >= 4 is 32.7 Å². The van der Waals surface area contributed by atoms with Gasteiger partial charge in [-0.1, -0.05) is 152 Å². The maximum Gasteiger partial charge on any atom is 0.167 e. The number of para-hydroxylation sites is 1. The number of rotatable bonds is 5. The van der Waals surface area contributed by atoms with Gasteiger partial charge in [0.25, 0.3) is 0 Å². The van der Waals surface area contributed by atoms with Crippen LogP contribution in [0.15, 0.2) is 180 Å². The summed E-state index contributed by atoms with van der Waals surface area (Å²) in [6.45, 7) is 0. The molecule has 0 atom stereocenters. The van der Waals surface area contributed by atoms with E-state index in [1.165, 1.54) is 33.0 Å². The highest BCUT2D eigenvalue weighted by molar-refractivity contribution is 6.15. The van der Waals surface area contributed by atoms with E-state index in [1.54, 1.807) is 0 Å². The summed E-state index contributed by atoms with van der Waals surface area (Å²) < 4.78 is 6.61. The molecule has 0 unspecified atom stereocenters. The molecule has 0 amide bonds. The summed E-state index contributed by atoms with van der Waals surface area (Å²) in [7, 11) is 0. The van der Waals surface area contributed by atoms with Crippen molar-refractivity contribution in [1.29, 1.82) is 0 Å². The van der Waals surface area contributed by atoms with Crippen molar-refractivity contribution < 1.29 is 4.42 Å². The lowest BCUT2D eigenvalue weighted by Gasteiger charge is -2.12. The van der Waals surface area contributed by atoms with Crippen LogP contribution in [0.2, 0.25) is 0 Å². The van der Waals surface area contributed by atoms with E-state index in [4.69, 9.17) is 19.4 Å². The number of furan rings is 1. The Balaban J connectivity index is 1.14. The first-order valence-corrected chi connectivity index (χ1v) is 17.9. The van der Waals surface area contributed by atoms with Crippen LogP contribution >= 0.6 is 0 Å². The molecule has 8 aromatic carbocycles. The lowest BCUT2D eigenvalue weighted by atomic mass is 9.98. The van der Waals surface area contributed by atoms with Gasteiger partial charge in [-0.05, 0) is 79.5 Å². The van der Waals surface area contributed by atoms with Crippen molar-refractivity contribution in [3.8, 4) is 78.7 Å². The number of benzene rings is 8. The van der Waals surface area contributed by atoms with Gasteiger partial charge in [0.2, 0.25) is 0 Å². The van der Waals surface area contributed by atoms with Gasteiger partial charge in [0.15, 0.2) is 17.5 Å². The van der Waals surface area contributed by atoms with Gasteiger partial charge < -0.3 is 4.42 Å². The first kappa shape index (κ1) is 29.5. The monoisotopic (exact) mass is 675 g/mol. The number of nitrogens with zero attached hydrogens (tertiary/aromatic N) is 3. The summed E-state index contributed by atoms with van der Waals surface area (Å²) in [6, 6.07) is 61.5. The van der Waals surface area contributed by atoms with Crippen LogP contribution < -0.4 is 0 Å². The van der Waals surface area contributed by atoms with Crippen molar-refractivity contribution in [2.45, 2.75) is 0 Å². The van der Waals surface area contributed by atoms with Crippen LogP contribution in [0.5, 0.6) is 0 Å². The van der Waals surface area contributed by atoms with Crippen molar-refractivity contribution in [3.63, 3.8) is 0 Å². The molecule has 0 radical (unpaired) electrons. The second-order valence-electron chi connectivity index (χ2n) is 13.6. The Morgan fingerprint density at radius 3 is 1.64 bits per heavy atom. The van der Waals surface area contributed by atoms with Crippen LogP contribution in [0.1, 0.15) is 0 Å². The Morgan fingerprint density at radius 2 is 0.887 bits per heavy atom. The fraction of sp³-hybridized carbons (Fsp3) is 0. The third-order valence-electron chi connectivity index (χ3n) is 10.5. The van der Waals surface area contributed by atoms with Gasteiger partial charge in [-0.25, -0.2) is 15.0 Å². The normalized spacial score (nSPS) is 11.8. The molecule has 1 aliphatic rings. The maximum atomic E-state index is 6.61. The second kappa shape index (κ2) is 11.7. The van der Waals surface area contributed by atoms with Crippen LogP contribution in [-0.2, 0) is 0 Å². The molecule has 0 aliphatic heterocycles. The average molecular weight is 676 g/mol. The van der Waals surface area contributed by atoms with E-state index >= 15 is 0 Å². The predicted octanol–water partition coefficient (Wildman–Crippen LogP) is 12.9. The number of hydrogen-bond donors (Lipinski definition) is 0. The van der Waals surface area contributed by atoms with Gasteiger partial charge >= 0.3 is 0 Å². The molecule has 2 aromatic heterocycles. The van der Waals surface area contributed by atoms with Crippen molar-refractivity contribution in [3.05, 3.63) is 176 Å². The Hall–Kier alpha value is -7.17. The quantitative estimate of drug-likeness (QED) is 0.182. The van der Waals surface area contributed by atoms with Gasteiger partial charge in [0.1, 0.15) is 11.2 Å². The molecule has 4 heteroatoms. The number of fused-ring (bicyclic) bond motifs is 6. The SMILES string of the molecule is c1ccc(-c2ccc(-c3nc(-c4ccc5c(c4)-c4cccc6cccc-5c46)nc(-c4cc(-c5ccccc5)cc5c4oc4ccccc45)n3)cc2)cc1. The third kappa shape index (κ3) is 4.80. The molecule has 4 nitrogen and oxygen atoms in total. The molecular weight excluding hydrogens is 647 g/mol. The molecule has 10 aromatic rings. The van der Waals surface area contributed by atoms with E-state index in [0.717, 1.165) is 60.9 Å². The minimum atomic E-state index is 0.560. The predicted molar refractivity (Wildman–Crippen MR) is 216 cm³/mol. The van der Waals surface area contributed by atoms with Gasteiger partial charge in [0, 0.05) is 21.9 Å². The maximum absolute atomic E-state index is 6.61. The molecule has 2 heterocycles. The van der Waals surface area contributed by atoms with Crippen molar-refractivity contribution in [2.24, 2.45) is 0 Å². The van der Waals surface area contributed by atoms with Gasteiger partial charge in [-0.2, -0.15) is 0 Å². The molecule has 246 valence electrons. The molecular formula is C49H29N3O. The van der Waals surface area contributed by atoms with Crippen LogP contribution in [0.3, 0.4) is 0 Å². The second-order valence-corrected chi connectivity index (χ2v) is 13.6. The number of aromatic nitrogens is 3. The Labute approximate surface area is 305 Å². The molecule has 1 aliphatic carbocycles. The van der Waals surface area contributed by atoms with Crippen LogP contribution in [0.4, 0.5) is 0 Å². The molecule has 0 N–H and O–H groups in total. The standard InChI is InChI=1S/C49H29N3O/c1-3-11-30(12-4-1)32-21-23-34(24-22-32)47-50-48(35-25-26-37-39-18-9-15-33-16-10-19-40(45(33)39)41(37)27-35)52-49(51-47)43-29-36(31-13-5-2-6-14-31)28-42-38-17-7-8-20-44(38)53-46(42)43/h1-29H. The molecule has 0 spiro atoms. The van der Waals surface area contributed by atoms with E-state index < -0.39 is 0 Å². The molecule has 53 heavy (non-hydrogen) atoms. The topological polar surface area (TPSA) is 51.8 Å². The average Bonchev–Trinajstić information content (AvgIpc) is 3.77. The van der Waals surface area contributed by atoms with Crippen molar-refractivity contribution in [2.75, 3.05) is 0 Å². The van der Waals surface area contributed by atoms with E-state index in [9.17, 15) is 0 Å². The highest BCUT2D eigenvalue weighted by atomic mass is 16.3. The Bertz CT molecular complexity index is 3030. The summed E-state index contributed by atoms with van der Waals surface area (Å²) in [5, 5.41) is 4.62. The van der Waals surface area contributed by atoms with E-state index in [2.05, 4.69) is 152 Å². The van der Waals surface area contributed by atoms with Crippen LogP contribution in [0.25, 0.3) is 111 Å². The van der Waals surface area contributed by atoms with Gasteiger partial charge in [-0.15, -0.1) is 0 Å². The summed E-state index contributed by atoms with van der Waals surface area (Å²) in [4.78, 5) is 15.6. The fourth-order valence-corrected chi connectivity index (χ4v) is 7.92. The first-order chi connectivity index (χ1) is 26.2. The molecule has 0 bridgehead atoms. The van der Waals surface area contributed by atoms with E-state index in [-0.39, 0.29) is 0 Å². The zero-order valence-electron chi connectivity index (χ0n) is 28.5. The molecule has 0 fully saturated rings. The summed E-state index contributed by atoms with van der Waals surface area (Å²) >= 11 is 0. The fourth-order valence-electron chi connectivity index (χ4n) is 7.92. The minimum Gasteiger partial charge on any atom is -0.455 e. The minimum absolute atomic E-state index is 0.560. The van der Waals surface area contributed by atoms with E-state index in [0.29, 0.717) is 17.5 Å². The third-order valence-corrected chi connectivity index (χ3v) is 10.5. The van der Waals surface area contributed by atoms with Crippen molar-refractivity contribution in [1.82, 2.24) is 15.0 Å². The first-order valence-electron chi connectivity index (χ1n) is 17.9. The molecule has 0 saturated carbocycles. The molecule has 0 saturated heterocycles. The largest absolute Gasteiger partial charge is 0.455 e. The summed E-state index contributed by atoms with van der Waals surface area (Å²) in [6.07, 6.45) is 0. The smallest absolute Gasteiger partial charge is 0.167 e. The Kier molecular flexibility index (Phi) is 6.52. The lowest BCUT2D eigenvalue weighted by Crippen LogP contribution is -2.01. The highest BCUT2D eigenvalue weighted by Crippen LogP contribution is 2.48. The summed E-state index contributed by atoms with van der Waals surface area (Å²) in [5.74, 6) is 1.77. The number of hydrogen-bond acceptors (Lipinski definition) is 4. The zero-order chi connectivity index (χ0) is 34.9. The lowest BCUT2D eigenvalue weighted by molar-refractivity contribution is 0.669. The van der Waals surface area contributed by atoms with Crippen LogP contribution in [0, 0.1) is 0 Å². The van der Waals surface area contributed by atoms with E-state index in [1.807, 2.05) is 24.3 Å². The molecule has 11 rings (SSSR count). The zero-order valence-corrected chi connectivity index (χ0v) is 28.5. The van der Waals surface area contributed by atoms with Gasteiger partial charge in [0.05, 0.1) is 5.56 Å². The van der Waals surface area contributed by atoms with Crippen LogP contribution in [-0.4, -0.2) is 15.0 Å². The van der Waals surface area contributed by atoms with Gasteiger partial charge in [-0.3, -0.25) is 0 Å².